The molecule has 2 aromatic carbocycles. The molecule has 8 heteroatoms. The van der Waals surface area contributed by atoms with Crippen molar-refractivity contribution >= 4 is 16.2 Å². The largest absolute Gasteiger partial charge is 0.494 e. The smallest absolute Gasteiger partial charge is 0.336 e. The summed E-state index contributed by atoms with van der Waals surface area (Å²) >= 11 is 1.26. The van der Waals surface area contributed by atoms with Crippen molar-refractivity contribution in [2.24, 2.45) is 0 Å². The lowest BCUT2D eigenvalue weighted by molar-refractivity contribution is 0.386. The lowest BCUT2D eigenvalue weighted by Gasteiger charge is -2.08. The third-order valence-electron chi connectivity index (χ3n) is 5.18. The van der Waals surface area contributed by atoms with E-state index in [2.05, 4.69) is 17.9 Å². The molecule has 0 aliphatic carbocycles. The van der Waals surface area contributed by atoms with Gasteiger partial charge in [-0.1, -0.05) is 36.1 Å². The number of hydrogen-bond donors (Lipinski definition) is 0. The molecule has 33 heavy (non-hydrogen) atoms. The minimum Gasteiger partial charge on any atom is -0.494 e. The summed E-state index contributed by atoms with van der Waals surface area (Å²) in [5, 5.41) is 9.31. The Balaban J connectivity index is 1.69. The van der Waals surface area contributed by atoms with Crippen LogP contribution in [0.15, 0.2) is 58.3 Å². The first-order chi connectivity index (χ1) is 15.9. The van der Waals surface area contributed by atoms with Gasteiger partial charge in [0.1, 0.15) is 4.83 Å². The minimum atomic E-state index is -0.485. The van der Waals surface area contributed by atoms with Crippen LogP contribution in [-0.2, 0) is 13.0 Å². The van der Waals surface area contributed by atoms with Gasteiger partial charge in [-0.25, -0.2) is 9.18 Å². The number of halogens is 1. The molecule has 0 spiro atoms. The summed E-state index contributed by atoms with van der Waals surface area (Å²) in [4.78, 5) is 27.1. The Kier molecular flexibility index (Phi) is 6.12. The number of nitriles is 1. The van der Waals surface area contributed by atoms with Gasteiger partial charge in [0.15, 0.2) is 11.6 Å². The van der Waals surface area contributed by atoms with Crippen molar-refractivity contribution in [1.29, 1.82) is 5.26 Å². The summed E-state index contributed by atoms with van der Waals surface area (Å²) in [5.41, 5.74) is 1.37. The normalized spacial score (nSPS) is 10.5. The lowest BCUT2D eigenvalue weighted by Crippen LogP contribution is -2.38. The molecule has 0 atom stereocenters. The van der Waals surface area contributed by atoms with Crippen molar-refractivity contribution in [3.8, 4) is 23.7 Å². The average molecular weight is 460 g/mol. The maximum atomic E-state index is 13.6. The predicted molar refractivity (Wildman–Crippen MR) is 124 cm³/mol. The zero-order chi connectivity index (χ0) is 23.5. The van der Waals surface area contributed by atoms with E-state index in [9.17, 15) is 19.2 Å². The van der Waals surface area contributed by atoms with Gasteiger partial charge < -0.3 is 4.74 Å². The highest BCUT2D eigenvalue weighted by Gasteiger charge is 2.15. The van der Waals surface area contributed by atoms with E-state index in [0.29, 0.717) is 32.8 Å². The molecule has 0 amide bonds. The predicted octanol–water partition coefficient (Wildman–Crippen LogP) is 3.49. The molecule has 2 aromatic heterocycles. The molecule has 4 aromatic rings. The van der Waals surface area contributed by atoms with E-state index in [-0.39, 0.29) is 12.3 Å². The summed E-state index contributed by atoms with van der Waals surface area (Å²) in [5.74, 6) is 5.75. The van der Waals surface area contributed by atoms with Crippen molar-refractivity contribution in [3.63, 3.8) is 0 Å². The maximum Gasteiger partial charge on any atom is 0.336 e. The number of benzene rings is 2. The Morgan fingerprint density at radius 3 is 2.73 bits per heavy atom. The molecule has 6 nitrogen and oxygen atoms in total. The van der Waals surface area contributed by atoms with Crippen LogP contribution in [0.25, 0.3) is 4.83 Å². The average Bonchev–Trinajstić information content (AvgIpc) is 3.26. The fourth-order valence-corrected chi connectivity index (χ4v) is 4.41. The molecule has 0 aliphatic rings. The number of fused-ring (bicyclic) bond motifs is 1. The Hall–Kier alpha value is -4.14. The summed E-state index contributed by atoms with van der Waals surface area (Å²) in [7, 11) is 1.40. The van der Waals surface area contributed by atoms with Crippen molar-refractivity contribution in [3.05, 3.63) is 102 Å². The van der Waals surface area contributed by atoms with Crippen LogP contribution in [0.2, 0.25) is 0 Å². The molecule has 2 heterocycles. The molecular weight excluding hydrogens is 441 g/mol. The quantitative estimate of drug-likeness (QED) is 0.438. The molecular formula is C25H18FN3O3S. The number of thiazole rings is 1. The highest BCUT2D eigenvalue weighted by molar-refractivity contribution is 7.18. The zero-order valence-corrected chi connectivity index (χ0v) is 18.7. The van der Waals surface area contributed by atoms with E-state index >= 15 is 0 Å². The van der Waals surface area contributed by atoms with E-state index in [1.54, 1.807) is 49.5 Å². The molecule has 0 N–H and O–H groups in total. The van der Waals surface area contributed by atoms with Gasteiger partial charge in [0.05, 0.1) is 30.2 Å². The molecule has 0 fully saturated rings. The minimum absolute atomic E-state index is 0.00837. The number of nitrogens with zero attached hydrogens (tertiary/aromatic N) is 3. The van der Waals surface area contributed by atoms with Crippen LogP contribution in [0.5, 0.6) is 5.75 Å². The molecule has 0 saturated carbocycles. The monoisotopic (exact) mass is 459 g/mol. The van der Waals surface area contributed by atoms with Crippen LogP contribution in [0.1, 0.15) is 27.1 Å². The van der Waals surface area contributed by atoms with Gasteiger partial charge in [-0.15, -0.1) is 11.3 Å². The second kappa shape index (κ2) is 9.15. The van der Waals surface area contributed by atoms with Gasteiger partial charge in [0, 0.05) is 18.2 Å². The van der Waals surface area contributed by atoms with Crippen LogP contribution in [0, 0.1) is 35.9 Å². The summed E-state index contributed by atoms with van der Waals surface area (Å²) < 4.78 is 21.1. The summed E-state index contributed by atoms with van der Waals surface area (Å²) in [6, 6.07) is 13.5. The Labute approximate surface area is 192 Å². The second-order valence-electron chi connectivity index (χ2n) is 7.29. The van der Waals surface area contributed by atoms with Crippen LogP contribution in [0.3, 0.4) is 0 Å². The van der Waals surface area contributed by atoms with Crippen molar-refractivity contribution < 1.29 is 9.13 Å². The van der Waals surface area contributed by atoms with E-state index < -0.39 is 17.1 Å². The van der Waals surface area contributed by atoms with Gasteiger partial charge >= 0.3 is 5.69 Å². The first-order valence-corrected chi connectivity index (χ1v) is 10.8. The third-order valence-corrected chi connectivity index (χ3v) is 6.31. The number of ether oxygens (including phenoxy) is 1. The molecule has 0 unspecified atom stereocenters. The molecule has 0 saturated heterocycles. The number of aryl methyl sites for hydroxylation is 1. The molecule has 0 aliphatic heterocycles. The SMILES string of the molecule is COc1cc(CC#Cc2cn3c(=O)n(Cc4ccccc4C#N)c(=O)c(C)c3s2)ccc1F. The molecule has 0 bridgehead atoms. The zero-order valence-electron chi connectivity index (χ0n) is 17.9. The van der Waals surface area contributed by atoms with Gasteiger partial charge in [0.2, 0.25) is 0 Å². The Morgan fingerprint density at radius 1 is 1.18 bits per heavy atom. The number of methoxy groups -OCH3 is 1. The fourth-order valence-electron chi connectivity index (χ4n) is 3.45. The first kappa shape index (κ1) is 22.1. The lowest BCUT2D eigenvalue weighted by atomic mass is 10.1. The highest BCUT2D eigenvalue weighted by atomic mass is 32.1. The van der Waals surface area contributed by atoms with E-state index in [0.717, 1.165) is 10.1 Å². The van der Waals surface area contributed by atoms with Gasteiger partial charge in [-0.3, -0.25) is 13.8 Å². The Bertz CT molecular complexity index is 1600. The topological polar surface area (TPSA) is 76.5 Å². The van der Waals surface area contributed by atoms with Crippen LogP contribution in [0.4, 0.5) is 4.39 Å². The summed E-state index contributed by atoms with van der Waals surface area (Å²) in [6.07, 6.45) is 1.98. The summed E-state index contributed by atoms with van der Waals surface area (Å²) in [6.45, 7) is 1.68. The van der Waals surface area contributed by atoms with Crippen LogP contribution < -0.4 is 16.0 Å². The number of aromatic nitrogens is 2. The number of hydrogen-bond acceptors (Lipinski definition) is 5. The van der Waals surface area contributed by atoms with E-state index in [1.807, 2.05) is 0 Å². The van der Waals surface area contributed by atoms with E-state index in [1.165, 1.54) is 28.9 Å². The maximum absolute atomic E-state index is 13.6. The molecule has 4 rings (SSSR count). The van der Waals surface area contributed by atoms with Crippen LogP contribution >= 0.6 is 11.3 Å². The Morgan fingerprint density at radius 2 is 1.97 bits per heavy atom. The number of rotatable bonds is 4. The highest BCUT2D eigenvalue weighted by Crippen LogP contribution is 2.19. The van der Waals surface area contributed by atoms with Gasteiger partial charge in [-0.2, -0.15) is 5.26 Å². The molecule has 164 valence electrons. The second-order valence-corrected chi connectivity index (χ2v) is 8.32. The first-order valence-electron chi connectivity index (χ1n) is 9.98. The van der Waals surface area contributed by atoms with Gasteiger partial charge in [0.25, 0.3) is 5.56 Å². The van der Waals surface area contributed by atoms with Crippen molar-refractivity contribution in [2.45, 2.75) is 19.9 Å². The standard InChI is InChI=1S/C25H18FN3O3S/c1-16-23(30)28(14-19-8-4-3-7-18(19)13-27)25(31)29-15-20(33-24(16)29)9-5-6-17-10-11-21(26)22(12-17)32-2/h3-4,7-8,10-12,15H,6,14H2,1-2H3. The third kappa shape index (κ3) is 4.30. The fraction of sp³-hybridized carbons (Fsp3) is 0.160. The van der Waals surface area contributed by atoms with Gasteiger partial charge in [-0.05, 0) is 36.2 Å². The van der Waals surface area contributed by atoms with Crippen LogP contribution in [-0.4, -0.2) is 16.1 Å². The van der Waals surface area contributed by atoms with Crippen molar-refractivity contribution in [2.75, 3.05) is 7.11 Å². The van der Waals surface area contributed by atoms with Crippen molar-refractivity contribution in [1.82, 2.24) is 8.97 Å². The van der Waals surface area contributed by atoms with E-state index in [4.69, 9.17) is 4.74 Å². The molecule has 0 radical (unpaired) electrons.